The summed E-state index contributed by atoms with van der Waals surface area (Å²) in [6.45, 7) is 13.8. The number of nitrogens with zero attached hydrogens (tertiary/aromatic N) is 3. The molecule has 3 aromatic heterocycles. The first-order valence-corrected chi connectivity index (χ1v) is 29.7. The lowest BCUT2D eigenvalue weighted by atomic mass is 9.34. The van der Waals surface area contributed by atoms with Crippen molar-refractivity contribution in [2.24, 2.45) is 0 Å². The van der Waals surface area contributed by atoms with Gasteiger partial charge in [-0.3, -0.25) is 0 Å². The third-order valence-corrected chi connectivity index (χ3v) is 21.3. The van der Waals surface area contributed by atoms with Crippen molar-refractivity contribution in [1.29, 1.82) is 5.26 Å². The number of hydrogen-bond donors (Lipinski definition) is 1. The predicted octanol–water partition coefficient (Wildman–Crippen LogP) is 2.30. The minimum atomic E-state index is -0.156. The molecule has 0 bridgehead atoms. The van der Waals surface area contributed by atoms with Gasteiger partial charge < -0.3 is 13.9 Å². The number of furan rings is 1. The van der Waals surface area contributed by atoms with Gasteiger partial charge in [0.15, 0.2) is 5.58 Å². The van der Waals surface area contributed by atoms with E-state index in [1.165, 1.54) is 123 Å². The molecule has 12 aromatic rings. The lowest BCUT2D eigenvalue weighted by Gasteiger charge is -2.42. The summed E-state index contributed by atoms with van der Waals surface area (Å²) < 4.78 is 12.5. The predicted molar refractivity (Wildman–Crippen MR) is 371 cm³/mol. The molecule has 16 heteroatoms. The van der Waals surface area contributed by atoms with Crippen LogP contribution in [0.25, 0.3) is 80.7 Å². The fourth-order valence-corrected chi connectivity index (χ4v) is 16.4. The first-order chi connectivity index (χ1) is 37.7. The zero-order valence-corrected chi connectivity index (χ0v) is 50.1. The van der Waals surface area contributed by atoms with E-state index in [0.717, 1.165) is 60.5 Å². The molecule has 0 saturated carbocycles. The van der Waals surface area contributed by atoms with Crippen molar-refractivity contribution >= 4 is 246 Å². The van der Waals surface area contributed by atoms with Crippen LogP contribution in [0.5, 0.6) is 0 Å². The minimum absolute atomic E-state index is 0.0761. The zero-order valence-electron chi connectivity index (χ0n) is 47.6. The van der Waals surface area contributed by atoms with Crippen molar-refractivity contribution in [3.05, 3.63) is 132 Å². The first-order valence-electron chi connectivity index (χ1n) is 27.6. The van der Waals surface area contributed by atoms with E-state index < -0.39 is 0 Å². The molecule has 0 saturated heterocycles. The minimum Gasteiger partial charge on any atom is -0.454 e. The van der Waals surface area contributed by atoms with E-state index in [1.807, 2.05) is 29.2 Å². The highest BCUT2D eigenvalue weighted by Crippen LogP contribution is 2.53. The molecule has 2 aliphatic rings. The summed E-state index contributed by atoms with van der Waals surface area (Å²) in [7, 11) is 18.1. The van der Waals surface area contributed by atoms with Gasteiger partial charge >= 0.3 is 0 Å². The molecule has 0 N–H and O–H groups in total. The topological polar surface area (TPSA) is 45.1 Å². The van der Waals surface area contributed by atoms with E-state index in [4.69, 9.17) is 17.0 Å². The van der Waals surface area contributed by atoms with Crippen LogP contribution < -0.4 is 65.0 Å². The van der Waals surface area contributed by atoms with Crippen molar-refractivity contribution in [2.45, 2.75) is 67.1 Å². The monoisotopic (exact) mass is 1060 g/mol. The summed E-state index contributed by atoms with van der Waals surface area (Å²) in [5, 5.41) is 17.3. The summed E-state index contributed by atoms with van der Waals surface area (Å²) in [4.78, 5) is 6.05. The maximum atomic E-state index is 10.2. The number of aromatic nitrogens is 1. The third-order valence-electron chi connectivity index (χ3n) is 18.5. The van der Waals surface area contributed by atoms with Crippen molar-refractivity contribution in [3.8, 4) is 22.9 Å². The van der Waals surface area contributed by atoms with Crippen LogP contribution >= 0.6 is 35.7 Å². The quantitative estimate of drug-likeness (QED) is 0.219. The summed E-state index contributed by atoms with van der Waals surface area (Å²) in [5.41, 5.74) is 28.0. The van der Waals surface area contributed by atoms with Crippen molar-refractivity contribution in [3.63, 3.8) is 0 Å². The van der Waals surface area contributed by atoms with Crippen molar-refractivity contribution in [2.75, 3.05) is 4.90 Å². The molecule has 4 nitrogen and oxygen atoms in total. The standard InChI is InChI=1S/C63H54B9N3OS3/c1-62(2,3)30-20-28(21-31(24-30)63(4,5)6)29-22-38-54-42(23-29)78-41-25-32(74-37-18-15-27(26-73)19-35(37)45-46(64)47(65)48(66)51(69)56(45)74)16-17-36(41)72(54)55-58(75(38)57-52(70)49(67)50(68)53(71)60(57)77)59-43(33-11-7-9-13-39(33)76-59)44-34-12-8-10-14-40(34)79-61(44)55/h7-25,77H,64-71H2,1-6H3. The van der Waals surface area contributed by atoms with E-state index in [9.17, 15) is 5.26 Å². The Labute approximate surface area is 483 Å². The second-order valence-corrected chi connectivity index (χ2v) is 27.3. The van der Waals surface area contributed by atoms with E-state index in [-0.39, 0.29) is 17.5 Å². The molecular formula is C63H54B9N3OS3. The van der Waals surface area contributed by atoms with E-state index in [2.05, 4.69) is 229 Å². The first kappa shape index (κ1) is 50.6. The van der Waals surface area contributed by atoms with Crippen molar-refractivity contribution < 1.29 is 4.42 Å². The Morgan fingerprint density at radius 2 is 1.24 bits per heavy atom. The van der Waals surface area contributed by atoms with Crippen LogP contribution in [0.1, 0.15) is 58.2 Å². The Kier molecular flexibility index (Phi) is 11.2. The van der Waals surface area contributed by atoms with Gasteiger partial charge in [0, 0.05) is 73.3 Å². The van der Waals surface area contributed by atoms with Crippen LogP contribution in [0.4, 0.5) is 17.1 Å². The average molecular weight is 1060 g/mol. The van der Waals surface area contributed by atoms with E-state index in [1.54, 1.807) is 0 Å². The molecule has 0 atom stereocenters. The summed E-state index contributed by atoms with van der Waals surface area (Å²) in [5.74, 6) is 0. The molecule has 0 amide bonds. The number of para-hydroxylation sites is 1. The lowest BCUT2D eigenvalue weighted by Crippen LogP contribution is -2.60. The Balaban J connectivity index is 1.16. The number of anilines is 3. The highest BCUT2D eigenvalue weighted by atomic mass is 32.2. The van der Waals surface area contributed by atoms with Gasteiger partial charge in [0.2, 0.25) is 0 Å². The van der Waals surface area contributed by atoms with E-state index in [0.29, 0.717) is 5.56 Å². The van der Waals surface area contributed by atoms with Gasteiger partial charge in [-0.1, -0.05) is 152 Å². The molecule has 0 spiro atoms. The maximum Gasteiger partial charge on any atom is 0.251 e. The summed E-state index contributed by atoms with van der Waals surface area (Å²) in [6.07, 6.45) is 0. The molecule has 5 heterocycles. The molecule has 2 aliphatic heterocycles. The number of thiol groups is 1. The second-order valence-electron chi connectivity index (χ2n) is 24.8. The number of fused-ring (bicyclic) bond motifs is 16. The summed E-state index contributed by atoms with van der Waals surface area (Å²) >= 11 is 9.42. The molecular weight excluding hydrogens is 1010 g/mol. The SMILES string of the molecule is Bc1c(B)c(B)c(N2c3cc(-c4cc(C(C)(C)C)cc(C(C)(C)C)c4)cc4c3B(c3ccc(-n5c6ccc(C#N)cc6c6c(B)c(B)c(B)c(B)c65)cc3S4)c3c2c2oc4ccccc4c2c2c3sc3ccccc32)c(S)c1B. The van der Waals surface area contributed by atoms with Gasteiger partial charge in [-0.05, 0) is 98.6 Å². The smallest absolute Gasteiger partial charge is 0.251 e. The highest BCUT2D eigenvalue weighted by molar-refractivity contribution is 8.00. The van der Waals surface area contributed by atoms with Crippen LogP contribution in [0.15, 0.2) is 134 Å². The number of rotatable bonds is 3. The van der Waals surface area contributed by atoms with Gasteiger partial charge in [-0.15, -0.1) is 34.9 Å². The van der Waals surface area contributed by atoms with Crippen molar-refractivity contribution in [1.82, 2.24) is 4.57 Å². The normalized spacial score (nSPS) is 13.3. The summed E-state index contributed by atoms with van der Waals surface area (Å²) in [6, 6.07) is 45.9. The molecule has 0 unspecified atom stereocenters. The van der Waals surface area contributed by atoms with Crippen LogP contribution in [0.2, 0.25) is 0 Å². The van der Waals surface area contributed by atoms with Gasteiger partial charge in [-0.25, -0.2) is 0 Å². The number of thiophene rings is 1. The molecule has 0 radical (unpaired) electrons. The molecule has 79 heavy (non-hydrogen) atoms. The van der Waals surface area contributed by atoms with Gasteiger partial charge in [0.05, 0.1) is 28.5 Å². The Bertz CT molecular complexity index is 4760. The largest absolute Gasteiger partial charge is 0.454 e. The molecule has 14 rings (SSSR count). The van der Waals surface area contributed by atoms with Gasteiger partial charge in [0.1, 0.15) is 68.4 Å². The highest BCUT2D eigenvalue weighted by Gasteiger charge is 2.46. The lowest BCUT2D eigenvalue weighted by molar-refractivity contribution is 0.569. The van der Waals surface area contributed by atoms with Crippen LogP contribution in [-0.4, -0.2) is 74.1 Å². The zero-order chi connectivity index (χ0) is 55.2. The van der Waals surface area contributed by atoms with Gasteiger partial charge in [0.25, 0.3) is 6.71 Å². The van der Waals surface area contributed by atoms with E-state index >= 15 is 0 Å². The molecule has 372 valence electrons. The molecule has 0 aliphatic carbocycles. The van der Waals surface area contributed by atoms with Crippen LogP contribution in [0.3, 0.4) is 0 Å². The second kappa shape index (κ2) is 17.4. The van der Waals surface area contributed by atoms with Crippen LogP contribution in [-0.2, 0) is 10.8 Å². The Morgan fingerprint density at radius 1 is 0.582 bits per heavy atom. The van der Waals surface area contributed by atoms with Crippen LogP contribution in [0, 0.1) is 11.3 Å². The molecule has 9 aromatic carbocycles. The average Bonchev–Trinajstić information content (AvgIpc) is 4.29. The fraction of sp³-hybridized carbons (Fsp3) is 0.127. The number of hydrogen-bond acceptors (Lipinski definition) is 6. The third kappa shape index (κ3) is 7.14. The Hall–Kier alpha value is -6.63. The van der Waals surface area contributed by atoms with Gasteiger partial charge in [-0.2, -0.15) is 5.26 Å². The maximum absolute atomic E-state index is 10.2. The number of nitriles is 1. The fourth-order valence-electron chi connectivity index (χ4n) is 13.4. The number of benzene rings is 9. The molecule has 0 fully saturated rings. The Morgan fingerprint density at radius 3 is 1.96 bits per heavy atom.